The smallest absolute Gasteiger partial charge is 0.107 e. The maximum absolute atomic E-state index is 5.91. The van der Waals surface area contributed by atoms with E-state index in [-0.39, 0.29) is 0 Å². The molecule has 4 heteroatoms. The molecule has 1 aromatic heterocycles. The number of imidazole rings is 1. The summed E-state index contributed by atoms with van der Waals surface area (Å²) in [6.07, 6.45) is 3.05. The Labute approximate surface area is 134 Å². The van der Waals surface area contributed by atoms with E-state index in [1.807, 2.05) is 0 Å². The van der Waals surface area contributed by atoms with Crippen LogP contribution >= 0.6 is 15.9 Å². The lowest BCUT2D eigenvalue weighted by atomic mass is 9.94. The normalized spacial score (nSPS) is 14.3. The van der Waals surface area contributed by atoms with E-state index in [1.54, 1.807) is 0 Å². The van der Waals surface area contributed by atoms with Crippen molar-refractivity contribution in [3.8, 4) is 11.3 Å². The molecule has 0 saturated carbocycles. The molecule has 21 heavy (non-hydrogen) atoms. The fourth-order valence-corrected chi connectivity index (χ4v) is 3.76. The first-order valence-electron chi connectivity index (χ1n) is 7.64. The van der Waals surface area contributed by atoms with Gasteiger partial charge in [0.05, 0.1) is 5.69 Å². The molecule has 0 aliphatic heterocycles. The quantitative estimate of drug-likeness (QED) is 0.735. The van der Waals surface area contributed by atoms with Gasteiger partial charge in [0, 0.05) is 28.6 Å². The van der Waals surface area contributed by atoms with E-state index in [0.29, 0.717) is 11.8 Å². The lowest BCUT2D eigenvalue weighted by molar-refractivity contribution is 0.409. The molecule has 1 atom stereocenters. The molecular weight excluding hydrogens is 326 g/mol. The number of rotatable bonds is 5. The topological polar surface area (TPSA) is 54.7 Å². The molecule has 1 heterocycles. The fourth-order valence-electron chi connectivity index (χ4n) is 3.25. The third kappa shape index (κ3) is 2.92. The Hall–Kier alpha value is -1.13. The highest BCUT2D eigenvalue weighted by atomic mass is 79.9. The van der Waals surface area contributed by atoms with Crippen LogP contribution in [0, 0.1) is 11.8 Å². The van der Waals surface area contributed by atoms with E-state index in [0.717, 1.165) is 37.3 Å². The zero-order valence-corrected chi connectivity index (χ0v) is 14.2. The first-order valence-corrected chi connectivity index (χ1v) is 8.43. The molecule has 1 aliphatic carbocycles. The SMILES string of the molecule is CC(C)CC(CN)Cc1nc2c([nH]1)Cc1c(Br)cccc1-2. The summed E-state index contributed by atoms with van der Waals surface area (Å²) in [4.78, 5) is 8.35. The van der Waals surface area contributed by atoms with Gasteiger partial charge in [-0.1, -0.05) is 41.9 Å². The first-order chi connectivity index (χ1) is 10.1. The number of H-pyrrole nitrogens is 1. The zero-order chi connectivity index (χ0) is 15.0. The second-order valence-electron chi connectivity index (χ2n) is 6.39. The van der Waals surface area contributed by atoms with Crippen molar-refractivity contribution in [1.82, 2.24) is 9.97 Å². The molecule has 2 aromatic rings. The number of halogens is 1. The molecule has 112 valence electrons. The Balaban J connectivity index is 1.82. The minimum Gasteiger partial charge on any atom is -0.345 e. The average Bonchev–Trinajstić information content (AvgIpc) is 2.96. The Bertz CT molecular complexity index is 645. The second-order valence-corrected chi connectivity index (χ2v) is 7.24. The maximum atomic E-state index is 5.91. The van der Waals surface area contributed by atoms with Crippen molar-refractivity contribution in [3.63, 3.8) is 0 Å². The number of aromatic nitrogens is 2. The van der Waals surface area contributed by atoms with Crippen LogP contribution in [-0.4, -0.2) is 16.5 Å². The predicted octanol–water partition coefficient (Wildman–Crippen LogP) is 3.91. The van der Waals surface area contributed by atoms with Crippen molar-refractivity contribution in [3.05, 3.63) is 39.8 Å². The van der Waals surface area contributed by atoms with Crippen LogP contribution < -0.4 is 5.73 Å². The molecular formula is C17H22BrN3. The van der Waals surface area contributed by atoms with Crippen LogP contribution in [0.2, 0.25) is 0 Å². The van der Waals surface area contributed by atoms with E-state index >= 15 is 0 Å². The number of hydrogen-bond acceptors (Lipinski definition) is 2. The average molecular weight is 348 g/mol. The minimum atomic E-state index is 0.512. The maximum Gasteiger partial charge on any atom is 0.107 e. The summed E-state index contributed by atoms with van der Waals surface area (Å²) < 4.78 is 1.17. The highest BCUT2D eigenvalue weighted by Gasteiger charge is 2.25. The van der Waals surface area contributed by atoms with Gasteiger partial charge in [-0.2, -0.15) is 0 Å². The minimum absolute atomic E-state index is 0.512. The number of aromatic amines is 1. The number of hydrogen-bond donors (Lipinski definition) is 2. The van der Waals surface area contributed by atoms with Crippen molar-refractivity contribution < 1.29 is 0 Å². The molecule has 0 fully saturated rings. The number of nitrogens with zero attached hydrogens (tertiary/aromatic N) is 1. The Morgan fingerprint density at radius 2 is 2.19 bits per heavy atom. The number of nitrogens with two attached hydrogens (primary N) is 1. The van der Waals surface area contributed by atoms with Gasteiger partial charge in [-0.25, -0.2) is 4.98 Å². The van der Waals surface area contributed by atoms with Crippen molar-refractivity contribution in [1.29, 1.82) is 0 Å². The van der Waals surface area contributed by atoms with Gasteiger partial charge in [-0.3, -0.25) is 0 Å². The summed E-state index contributed by atoms with van der Waals surface area (Å²) in [5.74, 6) is 2.28. The highest BCUT2D eigenvalue weighted by molar-refractivity contribution is 9.10. The molecule has 1 aliphatic rings. The van der Waals surface area contributed by atoms with Gasteiger partial charge in [-0.15, -0.1) is 0 Å². The summed E-state index contributed by atoms with van der Waals surface area (Å²) in [7, 11) is 0. The highest BCUT2D eigenvalue weighted by Crippen LogP contribution is 2.38. The molecule has 1 aromatic carbocycles. The Kier molecular flexibility index (Phi) is 4.18. The van der Waals surface area contributed by atoms with E-state index < -0.39 is 0 Å². The van der Waals surface area contributed by atoms with E-state index in [2.05, 4.69) is 53.0 Å². The van der Waals surface area contributed by atoms with Crippen LogP contribution in [0.5, 0.6) is 0 Å². The van der Waals surface area contributed by atoms with E-state index in [1.165, 1.54) is 21.3 Å². The number of benzene rings is 1. The molecule has 0 spiro atoms. The largest absolute Gasteiger partial charge is 0.345 e. The lowest BCUT2D eigenvalue weighted by Gasteiger charge is -2.15. The van der Waals surface area contributed by atoms with Gasteiger partial charge in [0.15, 0.2) is 0 Å². The van der Waals surface area contributed by atoms with Gasteiger partial charge < -0.3 is 10.7 Å². The second kappa shape index (κ2) is 5.93. The summed E-state index contributed by atoms with van der Waals surface area (Å²) in [5.41, 5.74) is 10.9. The Morgan fingerprint density at radius 1 is 1.38 bits per heavy atom. The molecule has 0 amide bonds. The Morgan fingerprint density at radius 3 is 2.90 bits per heavy atom. The molecule has 3 N–H and O–H groups in total. The molecule has 1 unspecified atom stereocenters. The standard InChI is InChI=1S/C17H22BrN3/c1-10(2)6-11(9-19)7-16-20-15-8-13-12(17(15)21-16)4-3-5-14(13)18/h3-5,10-11H,6-9,19H2,1-2H3,(H,20,21). The van der Waals surface area contributed by atoms with Crippen molar-refractivity contribution in [2.24, 2.45) is 17.6 Å². The van der Waals surface area contributed by atoms with Gasteiger partial charge in [0.25, 0.3) is 0 Å². The summed E-state index contributed by atoms with van der Waals surface area (Å²) in [6, 6.07) is 6.33. The lowest BCUT2D eigenvalue weighted by Crippen LogP contribution is -2.19. The fraction of sp³-hybridized carbons (Fsp3) is 0.471. The first kappa shape index (κ1) is 14.8. The van der Waals surface area contributed by atoms with E-state index in [4.69, 9.17) is 10.7 Å². The van der Waals surface area contributed by atoms with Crippen LogP contribution in [0.4, 0.5) is 0 Å². The van der Waals surface area contributed by atoms with Gasteiger partial charge in [0.2, 0.25) is 0 Å². The molecule has 0 saturated heterocycles. The van der Waals surface area contributed by atoms with Gasteiger partial charge >= 0.3 is 0 Å². The van der Waals surface area contributed by atoms with Crippen molar-refractivity contribution >= 4 is 15.9 Å². The zero-order valence-electron chi connectivity index (χ0n) is 12.6. The van der Waals surface area contributed by atoms with E-state index in [9.17, 15) is 0 Å². The van der Waals surface area contributed by atoms with Crippen LogP contribution in [0.1, 0.15) is 37.4 Å². The van der Waals surface area contributed by atoms with Crippen LogP contribution in [0.3, 0.4) is 0 Å². The van der Waals surface area contributed by atoms with Gasteiger partial charge in [0.1, 0.15) is 5.82 Å². The monoisotopic (exact) mass is 347 g/mol. The summed E-state index contributed by atoms with van der Waals surface area (Å²) in [6.45, 7) is 5.22. The molecule has 3 nitrogen and oxygen atoms in total. The van der Waals surface area contributed by atoms with Crippen LogP contribution in [0.15, 0.2) is 22.7 Å². The van der Waals surface area contributed by atoms with Crippen LogP contribution in [-0.2, 0) is 12.8 Å². The third-order valence-electron chi connectivity index (χ3n) is 4.18. The van der Waals surface area contributed by atoms with Gasteiger partial charge in [-0.05, 0) is 36.4 Å². The van der Waals surface area contributed by atoms with Crippen molar-refractivity contribution in [2.75, 3.05) is 6.54 Å². The predicted molar refractivity (Wildman–Crippen MR) is 90.2 cm³/mol. The molecule has 3 rings (SSSR count). The summed E-state index contributed by atoms with van der Waals surface area (Å²) in [5, 5.41) is 0. The van der Waals surface area contributed by atoms with Crippen molar-refractivity contribution in [2.45, 2.75) is 33.1 Å². The molecule has 0 radical (unpaired) electrons. The third-order valence-corrected chi connectivity index (χ3v) is 4.92. The van der Waals surface area contributed by atoms with Crippen LogP contribution in [0.25, 0.3) is 11.3 Å². The number of fused-ring (bicyclic) bond motifs is 3. The summed E-state index contributed by atoms with van der Waals surface area (Å²) >= 11 is 3.63. The number of nitrogens with one attached hydrogen (secondary N) is 1. The molecule has 0 bridgehead atoms.